The molecule has 1 atom stereocenters. The van der Waals surface area contributed by atoms with E-state index in [1.54, 1.807) is 0 Å². The maximum absolute atomic E-state index is 11.7. The minimum Gasteiger partial charge on any atom is -0.454 e. The van der Waals surface area contributed by atoms with Crippen LogP contribution >= 0.6 is 0 Å². The van der Waals surface area contributed by atoms with Crippen molar-refractivity contribution in [3.8, 4) is 11.5 Å². The molecule has 0 spiro atoms. The normalized spacial score (nSPS) is 19.9. The number of amides is 2. The van der Waals surface area contributed by atoms with Crippen LogP contribution in [0.4, 0.5) is 4.79 Å². The van der Waals surface area contributed by atoms with Crippen LogP contribution in [0.15, 0.2) is 18.2 Å². The number of urea groups is 1. The lowest BCUT2D eigenvalue weighted by molar-refractivity contribution is 0.174. The van der Waals surface area contributed by atoms with Gasteiger partial charge in [-0.15, -0.1) is 0 Å². The molecule has 2 N–H and O–H groups in total. The molecule has 108 valence electrons. The molecule has 0 aliphatic carbocycles. The minimum atomic E-state index is -0.158. The van der Waals surface area contributed by atoms with Crippen molar-refractivity contribution >= 4 is 6.03 Å². The second-order valence-electron chi connectivity index (χ2n) is 4.98. The Kier molecular flexibility index (Phi) is 3.92. The van der Waals surface area contributed by atoms with E-state index in [9.17, 15) is 4.79 Å². The molecule has 1 aromatic carbocycles. The average molecular weight is 278 g/mol. The Bertz CT molecular complexity index is 486. The molecule has 1 unspecified atom stereocenters. The highest BCUT2D eigenvalue weighted by molar-refractivity contribution is 5.73. The van der Waals surface area contributed by atoms with E-state index < -0.39 is 0 Å². The summed E-state index contributed by atoms with van der Waals surface area (Å²) in [7, 11) is 0. The summed E-state index contributed by atoms with van der Waals surface area (Å²) in [6, 6.07) is 5.49. The summed E-state index contributed by atoms with van der Waals surface area (Å²) in [5, 5.41) is 5.69. The number of hydrogen-bond acceptors (Lipinski definition) is 4. The topological polar surface area (TPSA) is 68.8 Å². The van der Waals surface area contributed by atoms with Crippen molar-refractivity contribution in [2.45, 2.75) is 13.0 Å². The van der Waals surface area contributed by atoms with Crippen LogP contribution in [0.1, 0.15) is 12.0 Å². The molecular formula is C14H18N2O4. The van der Waals surface area contributed by atoms with Crippen molar-refractivity contribution in [3.05, 3.63) is 23.8 Å². The molecule has 2 aliphatic rings. The smallest absolute Gasteiger partial charge is 0.315 e. The first-order valence-corrected chi connectivity index (χ1v) is 6.79. The molecular weight excluding hydrogens is 260 g/mol. The van der Waals surface area contributed by atoms with Gasteiger partial charge in [-0.1, -0.05) is 6.07 Å². The average Bonchev–Trinajstić information content (AvgIpc) is 3.13. The van der Waals surface area contributed by atoms with Crippen molar-refractivity contribution in [2.24, 2.45) is 5.92 Å². The largest absolute Gasteiger partial charge is 0.454 e. The molecule has 2 heterocycles. The maximum Gasteiger partial charge on any atom is 0.315 e. The number of ether oxygens (including phenoxy) is 3. The van der Waals surface area contributed by atoms with Crippen molar-refractivity contribution in [3.63, 3.8) is 0 Å². The van der Waals surface area contributed by atoms with Gasteiger partial charge < -0.3 is 24.8 Å². The zero-order valence-electron chi connectivity index (χ0n) is 11.2. The molecule has 0 bridgehead atoms. The van der Waals surface area contributed by atoms with Gasteiger partial charge >= 0.3 is 6.03 Å². The van der Waals surface area contributed by atoms with E-state index in [1.165, 1.54) is 0 Å². The summed E-state index contributed by atoms with van der Waals surface area (Å²) in [5.41, 5.74) is 0.980. The van der Waals surface area contributed by atoms with Gasteiger partial charge in [-0.05, 0) is 24.1 Å². The van der Waals surface area contributed by atoms with Crippen molar-refractivity contribution in [1.82, 2.24) is 10.6 Å². The van der Waals surface area contributed by atoms with Gasteiger partial charge in [-0.25, -0.2) is 4.79 Å². The highest BCUT2D eigenvalue weighted by Crippen LogP contribution is 2.32. The summed E-state index contributed by atoms with van der Waals surface area (Å²) in [6.45, 7) is 2.92. The van der Waals surface area contributed by atoms with E-state index in [4.69, 9.17) is 14.2 Å². The van der Waals surface area contributed by atoms with Crippen LogP contribution in [0.3, 0.4) is 0 Å². The van der Waals surface area contributed by atoms with Gasteiger partial charge in [-0.2, -0.15) is 0 Å². The molecule has 2 amide bonds. The monoisotopic (exact) mass is 278 g/mol. The maximum atomic E-state index is 11.7. The third kappa shape index (κ3) is 3.14. The van der Waals surface area contributed by atoms with Crippen LogP contribution in [-0.4, -0.2) is 32.6 Å². The summed E-state index contributed by atoms with van der Waals surface area (Å²) < 4.78 is 15.8. The Labute approximate surface area is 117 Å². The van der Waals surface area contributed by atoms with Crippen molar-refractivity contribution in [1.29, 1.82) is 0 Å². The number of carbonyl (C=O) groups excluding carboxylic acids is 1. The molecule has 0 radical (unpaired) electrons. The van der Waals surface area contributed by atoms with Gasteiger partial charge in [0, 0.05) is 25.6 Å². The van der Waals surface area contributed by atoms with Gasteiger partial charge in [0.05, 0.1) is 6.61 Å². The van der Waals surface area contributed by atoms with E-state index >= 15 is 0 Å². The first kappa shape index (κ1) is 13.1. The Balaban J connectivity index is 1.43. The van der Waals surface area contributed by atoms with Crippen LogP contribution in [0.25, 0.3) is 0 Å². The third-order valence-electron chi connectivity index (χ3n) is 3.47. The van der Waals surface area contributed by atoms with E-state index in [0.29, 0.717) is 19.0 Å². The Morgan fingerprint density at radius 2 is 2.15 bits per heavy atom. The Hall–Kier alpha value is -1.95. The molecule has 6 heteroatoms. The number of carbonyl (C=O) groups is 1. The molecule has 1 saturated heterocycles. The van der Waals surface area contributed by atoms with Gasteiger partial charge in [0.25, 0.3) is 0 Å². The lowest BCUT2D eigenvalue weighted by Crippen LogP contribution is -2.38. The second-order valence-corrected chi connectivity index (χ2v) is 4.98. The second kappa shape index (κ2) is 6.00. The quantitative estimate of drug-likeness (QED) is 0.869. The summed E-state index contributed by atoms with van der Waals surface area (Å²) in [6.07, 6.45) is 1.02. The SMILES string of the molecule is O=C(NCc1ccc2c(c1)OCO2)NCC1CCOC1. The van der Waals surface area contributed by atoms with Crippen LogP contribution in [-0.2, 0) is 11.3 Å². The van der Waals surface area contributed by atoms with Crippen LogP contribution in [0.2, 0.25) is 0 Å². The van der Waals surface area contributed by atoms with Crippen molar-refractivity contribution in [2.75, 3.05) is 26.6 Å². The fraction of sp³-hybridized carbons (Fsp3) is 0.500. The molecule has 1 aromatic rings. The number of fused-ring (bicyclic) bond motifs is 1. The number of nitrogens with one attached hydrogen (secondary N) is 2. The molecule has 6 nitrogen and oxygen atoms in total. The zero-order chi connectivity index (χ0) is 13.8. The van der Waals surface area contributed by atoms with Crippen LogP contribution < -0.4 is 20.1 Å². The Morgan fingerprint density at radius 1 is 1.25 bits per heavy atom. The molecule has 0 aromatic heterocycles. The van der Waals surface area contributed by atoms with Gasteiger partial charge in [0.2, 0.25) is 6.79 Å². The number of benzene rings is 1. The molecule has 1 fully saturated rings. The summed E-state index contributed by atoms with van der Waals surface area (Å²) in [5.74, 6) is 1.92. The van der Waals surface area contributed by atoms with E-state index in [2.05, 4.69) is 10.6 Å². The van der Waals surface area contributed by atoms with E-state index in [1.807, 2.05) is 18.2 Å². The predicted molar refractivity (Wildman–Crippen MR) is 71.7 cm³/mol. The lowest BCUT2D eigenvalue weighted by atomic mass is 10.1. The fourth-order valence-electron chi connectivity index (χ4n) is 2.28. The lowest BCUT2D eigenvalue weighted by Gasteiger charge is -2.11. The van der Waals surface area contributed by atoms with E-state index in [0.717, 1.165) is 36.7 Å². The highest BCUT2D eigenvalue weighted by atomic mass is 16.7. The summed E-state index contributed by atoms with van der Waals surface area (Å²) >= 11 is 0. The van der Waals surface area contributed by atoms with E-state index in [-0.39, 0.29) is 12.8 Å². The van der Waals surface area contributed by atoms with Gasteiger partial charge in [-0.3, -0.25) is 0 Å². The molecule has 0 saturated carbocycles. The fourth-order valence-corrected chi connectivity index (χ4v) is 2.28. The zero-order valence-corrected chi connectivity index (χ0v) is 11.2. The minimum absolute atomic E-state index is 0.158. The van der Waals surface area contributed by atoms with Crippen LogP contribution in [0, 0.1) is 5.92 Å². The molecule has 2 aliphatic heterocycles. The molecule has 20 heavy (non-hydrogen) atoms. The Morgan fingerprint density at radius 3 is 3.00 bits per heavy atom. The van der Waals surface area contributed by atoms with Gasteiger partial charge in [0.15, 0.2) is 11.5 Å². The first-order valence-electron chi connectivity index (χ1n) is 6.79. The standard InChI is InChI=1S/C14H18N2O4/c17-14(16-7-11-3-4-18-8-11)15-6-10-1-2-12-13(5-10)20-9-19-12/h1-2,5,11H,3-4,6-9H2,(H2,15,16,17). The predicted octanol–water partition coefficient (Wildman–Crippen LogP) is 1.25. The van der Waals surface area contributed by atoms with Crippen molar-refractivity contribution < 1.29 is 19.0 Å². The third-order valence-corrected chi connectivity index (χ3v) is 3.47. The van der Waals surface area contributed by atoms with Gasteiger partial charge in [0.1, 0.15) is 0 Å². The number of rotatable bonds is 4. The number of hydrogen-bond donors (Lipinski definition) is 2. The first-order chi connectivity index (χ1) is 9.81. The molecule has 3 rings (SSSR count). The highest BCUT2D eigenvalue weighted by Gasteiger charge is 2.16. The summed E-state index contributed by atoms with van der Waals surface area (Å²) in [4.78, 5) is 11.7. The van der Waals surface area contributed by atoms with Crippen LogP contribution in [0.5, 0.6) is 11.5 Å².